The number of nitriles is 1. The second kappa shape index (κ2) is 7.29. The van der Waals surface area contributed by atoms with Crippen LogP contribution in [-0.4, -0.2) is 41.1 Å². The third kappa shape index (κ3) is 4.21. The van der Waals surface area contributed by atoms with Crippen molar-refractivity contribution < 1.29 is 19.4 Å². The van der Waals surface area contributed by atoms with Crippen LogP contribution in [0.5, 0.6) is 5.75 Å². The standard InChI is InChI=1S/C15H18N2O4/c1-4-13(15(19)20)17(3)14(18)10(2)21-12-7-5-11(9-16)6-8-12/h5-8,10,13H,4H2,1-3H3,(H,19,20). The van der Waals surface area contributed by atoms with Crippen molar-refractivity contribution in [2.45, 2.75) is 32.4 Å². The number of hydrogen-bond donors (Lipinski definition) is 1. The molecule has 6 heteroatoms. The molecule has 0 saturated carbocycles. The minimum atomic E-state index is -1.04. The summed E-state index contributed by atoms with van der Waals surface area (Å²) >= 11 is 0. The number of likely N-dealkylation sites (N-methyl/N-ethyl adjacent to an activating group) is 1. The maximum atomic E-state index is 12.2. The Morgan fingerprint density at radius 3 is 2.38 bits per heavy atom. The number of rotatable bonds is 6. The van der Waals surface area contributed by atoms with Crippen molar-refractivity contribution in [1.82, 2.24) is 4.90 Å². The minimum absolute atomic E-state index is 0.321. The highest BCUT2D eigenvalue weighted by atomic mass is 16.5. The molecule has 0 aliphatic heterocycles. The number of ether oxygens (including phenoxy) is 1. The molecule has 112 valence electrons. The smallest absolute Gasteiger partial charge is 0.326 e. The largest absolute Gasteiger partial charge is 0.481 e. The molecule has 1 amide bonds. The summed E-state index contributed by atoms with van der Waals surface area (Å²) in [6.45, 7) is 3.26. The van der Waals surface area contributed by atoms with Crippen LogP contribution in [0, 0.1) is 11.3 Å². The molecule has 0 heterocycles. The molecule has 1 rings (SSSR count). The van der Waals surface area contributed by atoms with Crippen LogP contribution in [0.15, 0.2) is 24.3 Å². The van der Waals surface area contributed by atoms with Crippen molar-refractivity contribution >= 4 is 11.9 Å². The lowest BCUT2D eigenvalue weighted by atomic mass is 10.2. The van der Waals surface area contributed by atoms with E-state index in [1.54, 1.807) is 38.1 Å². The summed E-state index contributed by atoms with van der Waals surface area (Å²) in [5.74, 6) is -1.00. The van der Waals surface area contributed by atoms with Gasteiger partial charge < -0.3 is 14.7 Å². The lowest BCUT2D eigenvalue weighted by molar-refractivity contribution is -0.151. The fraction of sp³-hybridized carbons (Fsp3) is 0.400. The quantitative estimate of drug-likeness (QED) is 0.860. The van der Waals surface area contributed by atoms with E-state index in [2.05, 4.69) is 0 Å². The van der Waals surface area contributed by atoms with Crippen molar-refractivity contribution in [2.75, 3.05) is 7.05 Å². The number of carbonyl (C=O) groups is 2. The predicted octanol–water partition coefficient (Wildman–Crippen LogP) is 1.65. The normalized spacial score (nSPS) is 12.9. The van der Waals surface area contributed by atoms with Crippen molar-refractivity contribution in [3.63, 3.8) is 0 Å². The summed E-state index contributed by atoms with van der Waals surface area (Å²) in [6, 6.07) is 7.48. The number of carboxylic acids is 1. The SMILES string of the molecule is CCC(C(=O)O)N(C)C(=O)C(C)Oc1ccc(C#N)cc1. The van der Waals surface area contributed by atoms with Gasteiger partial charge >= 0.3 is 5.97 Å². The van der Waals surface area contributed by atoms with Crippen LogP contribution in [0.25, 0.3) is 0 Å². The number of hydrogen-bond acceptors (Lipinski definition) is 4. The van der Waals surface area contributed by atoms with Gasteiger partial charge in [0.1, 0.15) is 11.8 Å². The van der Waals surface area contributed by atoms with Gasteiger partial charge in [0.05, 0.1) is 11.6 Å². The van der Waals surface area contributed by atoms with Crippen LogP contribution < -0.4 is 4.74 Å². The molecule has 0 saturated heterocycles. The maximum Gasteiger partial charge on any atom is 0.326 e. The highest BCUT2D eigenvalue weighted by Gasteiger charge is 2.28. The van der Waals surface area contributed by atoms with Crippen molar-refractivity contribution in [1.29, 1.82) is 5.26 Å². The number of carboxylic acid groups (broad SMARTS) is 1. The molecule has 0 aliphatic carbocycles. The van der Waals surface area contributed by atoms with E-state index in [-0.39, 0.29) is 0 Å². The third-order valence-corrected chi connectivity index (χ3v) is 3.13. The molecule has 0 fully saturated rings. The van der Waals surface area contributed by atoms with Crippen LogP contribution in [0.1, 0.15) is 25.8 Å². The molecule has 2 unspecified atom stereocenters. The highest BCUT2D eigenvalue weighted by Crippen LogP contribution is 2.15. The lowest BCUT2D eigenvalue weighted by Gasteiger charge is -2.26. The van der Waals surface area contributed by atoms with E-state index in [0.29, 0.717) is 17.7 Å². The Morgan fingerprint density at radius 1 is 1.38 bits per heavy atom. The monoisotopic (exact) mass is 290 g/mol. The van der Waals surface area contributed by atoms with Gasteiger partial charge in [-0.15, -0.1) is 0 Å². The first kappa shape index (κ1) is 16.5. The molecule has 6 nitrogen and oxygen atoms in total. The summed E-state index contributed by atoms with van der Waals surface area (Å²) < 4.78 is 5.48. The van der Waals surface area contributed by atoms with E-state index >= 15 is 0 Å². The Bertz CT molecular complexity index is 548. The van der Waals surface area contributed by atoms with Gasteiger partial charge in [-0.05, 0) is 37.6 Å². The van der Waals surface area contributed by atoms with Gasteiger partial charge in [0.15, 0.2) is 6.10 Å². The van der Waals surface area contributed by atoms with E-state index in [1.807, 2.05) is 6.07 Å². The van der Waals surface area contributed by atoms with E-state index in [0.717, 1.165) is 0 Å². The average molecular weight is 290 g/mol. The molecule has 21 heavy (non-hydrogen) atoms. The van der Waals surface area contributed by atoms with E-state index in [1.165, 1.54) is 11.9 Å². The summed E-state index contributed by atoms with van der Waals surface area (Å²) in [4.78, 5) is 24.4. The van der Waals surface area contributed by atoms with E-state index < -0.39 is 24.0 Å². The summed E-state index contributed by atoms with van der Waals surface area (Å²) in [5, 5.41) is 17.8. The van der Waals surface area contributed by atoms with E-state index in [9.17, 15) is 9.59 Å². The number of benzene rings is 1. The Hall–Kier alpha value is -2.55. The number of amides is 1. The molecule has 1 N–H and O–H groups in total. The molecule has 0 aliphatic rings. The first-order valence-electron chi connectivity index (χ1n) is 6.57. The third-order valence-electron chi connectivity index (χ3n) is 3.13. The van der Waals surface area contributed by atoms with Gasteiger partial charge in [-0.1, -0.05) is 6.92 Å². The number of nitrogens with zero attached hydrogens (tertiary/aromatic N) is 2. The van der Waals surface area contributed by atoms with Crippen molar-refractivity contribution in [3.8, 4) is 11.8 Å². The zero-order valence-corrected chi connectivity index (χ0v) is 12.2. The molecular weight excluding hydrogens is 272 g/mol. The molecule has 1 aromatic rings. The van der Waals surface area contributed by atoms with Crippen LogP contribution in [-0.2, 0) is 9.59 Å². The zero-order valence-electron chi connectivity index (χ0n) is 12.2. The molecule has 0 bridgehead atoms. The van der Waals surface area contributed by atoms with Crippen molar-refractivity contribution in [2.24, 2.45) is 0 Å². The van der Waals surface area contributed by atoms with Gasteiger partial charge in [0, 0.05) is 7.05 Å². The second-order valence-electron chi connectivity index (χ2n) is 4.61. The average Bonchev–Trinajstić information content (AvgIpc) is 2.47. The van der Waals surface area contributed by atoms with Crippen LogP contribution >= 0.6 is 0 Å². The molecule has 0 radical (unpaired) electrons. The molecule has 2 atom stereocenters. The Kier molecular flexibility index (Phi) is 5.73. The predicted molar refractivity (Wildman–Crippen MR) is 75.7 cm³/mol. The zero-order chi connectivity index (χ0) is 16.0. The lowest BCUT2D eigenvalue weighted by Crippen LogP contribution is -2.47. The molecule has 0 spiro atoms. The van der Waals surface area contributed by atoms with Crippen molar-refractivity contribution in [3.05, 3.63) is 29.8 Å². The summed E-state index contributed by atoms with van der Waals surface area (Å²) in [7, 11) is 1.45. The van der Waals surface area contributed by atoms with Gasteiger partial charge in [-0.3, -0.25) is 4.79 Å². The minimum Gasteiger partial charge on any atom is -0.481 e. The molecule has 0 aromatic heterocycles. The van der Waals surface area contributed by atoms with Crippen LogP contribution in [0.4, 0.5) is 0 Å². The maximum absolute atomic E-state index is 12.2. The Labute approximate surface area is 123 Å². The van der Waals surface area contributed by atoms with Gasteiger partial charge in [0.2, 0.25) is 0 Å². The molecular formula is C15H18N2O4. The molecule has 1 aromatic carbocycles. The Balaban J connectivity index is 2.73. The topological polar surface area (TPSA) is 90.6 Å². The fourth-order valence-corrected chi connectivity index (χ4v) is 1.92. The number of aliphatic carboxylic acids is 1. The number of carbonyl (C=O) groups excluding carboxylic acids is 1. The van der Waals surface area contributed by atoms with Gasteiger partial charge in [-0.2, -0.15) is 5.26 Å². The first-order chi connectivity index (χ1) is 9.90. The van der Waals surface area contributed by atoms with Gasteiger partial charge in [-0.25, -0.2) is 4.79 Å². The van der Waals surface area contributed by atoms with Crippen LogP contribution in [0.2, 0.25) is 0 Å². The summed E-state index contributed by atoms with van der Waals surface area (Å²) in [6.07, 6.45) is -0.488. The fourth-order valence-electron chi connectivity index (χ4n) is 1.92. The van der Waals surface area contributed by atoms with Gasteiger partial charge in [0.25, 0.3) is 5.91 Å². The van der Waals surface area contributed by atoms with Crippen LogP contribution in [0.3, 0.4) is 0 Å². The highest BCUT2D eigenvalue weighted by molar-refractivity contribution is 5.86. The second-order valence-corrected chi connectivity index (χ2v) is 4.61. The first-order valence-corrected chi connectivity index (χ1v) is 6.57. The Morgan fingerprint density at radius 2 is 1.95 bits per heavy atom. The summed E-state index contributed by atoms with van der Waals surface area (Å²) in [5.41, 5.74) is 0.496. The van der Waals surface area contributed by atoms with E-state index in [4.69, 9.17) is 15.1 Å².